The van der Waals surface area contributed by atoms with Crippen LogP contribution in [0.4, 0.5) is 0 Å². The molecule has 0 aliphatic rings. The fraction of sp³-hybridized carbons (Fsp3) is 0.444. The first-order chi connectivity index (χ1) is 6.27. The second kappa shape index (κ2) is 4.79. The van der Waals surface area contributed by atoms with Crippen molar-refractivity contribution in [2.24, 2.45) is 5.73 Å². The molecule has 1 aromatic rings. The summed E-state index contributed by atoms with van der Waals surface area (Å²) in [5.74, 6) is 0.684. The third-order valence-corrected chi connectivity index (χ3v) is 1.78. The lowest BCUT2D eigenvalue weighted by Gasteiger charge is -2.08. The van der Waals surface area contributed by atoms with Gasteiger partial charge in [-0.05, 0) is 25.1 Å². The first-order valence-corrected chi connectivity index (χ1v) is 4.16. The van der Waals surface area contributed by atoms with Gasteiger partial charge in [-0.3, -0.25) is 4.98 Å². The summed E-state index contributed by atoms with van der Waals surface area (Å²) in [7, 11) is 1.58. The fourth-order valence-electron chi connectivity index (χ4n) is 1.02. The molecule has 0 amide bonds. The zero-order chi connectivity index (χ0) is 9.68. The number of aliphatic hydroxyl groups excluding tert-OH is 1. The Kier molecular flexibility index (Phi) is 3.67. The molecule has 0 radical (unpaired) electrons. The van der Waals surface area contributed by atoms with Crippen LogP contribution >= 0.6 is 0 Å². The predicted molar refractivity (Wildman–Crippen MR) is 49.4 cm³/mol. The van der Waals surface area contributed by atoms with Gasteiger partial charge in [0.15, 0.2) is 0 Å². The Labute approximate surface area is 77.4 Å². The van der Waals surface area contributed by atoms with E-state index in [4.69, 9.17) is 10.5 Å². The monoisotopic (exact) mass is 182 g/mol. The smallest absolute Gasteiger partial charge is 0.137 e. The van der Waals surface area contributed by atoms with E-state index in [1.165, 1.54) is 0 Å². The summed E-state index contributed by atoms with van der Waals surface area (Å²) < 4.78 is 4.94. The van der Waals surface area contributed by atoms with E-state index in [2.05, 4.69) is 4.98 Å². The van der Waals surface area contributed by atoms with E-state index in [1.54, 1.807) is 25.4 Å². The summed E-state index contributed by atoms with van der Waals surface area (Å²) >= 11 is 0. The number of nitrogens with two attached hydrogens (primary N) is 1. The highest BCUT2D eigenvalue weighted by Crippen LogP contribution is 2.15. The van der Waals surface area contributed by atoms with Gasteiger partial charge in [0, 0.05) is 0 Å². The van der Waals surface area contributed by atoms with Gasteiger partial charge in [0.25, 0.3) is 0 Å². The molecule has 0 saturated heterocycles. The average Bonchev–Trinajstić information content (AvgIpc) is 2.18. The van der Waals surface area contributed by atoms with Crippen molar-refractivity contribution in [2.45, 2.75) is 12.5 Å². The van der Waals surface area contributed by atoms with Crippen LogP contribution in [0.3, 0.4) is 0 Å². The van der Waals surface area contributed by atoms with E-state index in [1.807, 2.05) is 0 Å². The summed E-state index contributed by atoms with van der Waals surface area (Å²) in [6, 6.07) is 3.50. The number of aromatic nitrogens is 1. The van der Waals surface area contributed by atoms with Crippen molar-refractivity contribution in [2.75, 3.05) is 13.7 Å². The van der Waals surface area contributed by atoms with Gasteiger partial charge < -0.3 is 15.6 Å². The Hall–Kier alpha value is -1.13. The van der Waals surface area contributed by atoms with Gasteiger partial charge in [0.05, 0.1) is 25.1 Å². The van der Waals surface area contributed by atoms with Crippen molar-refractivity contribution in [3.8, 4) is 5.75 Å². The molecule has 0 spiro atoms. The Morgan fingerprint density at radius 1 is 1.62 bits per heavy atom. The minimum absolute atomic E-state index is 0.453. The molecule has 1 aromatic heterocycles. The minimum atomic E-state index is -0.573. The summed E-state index contributed by atoms with van der Waals surface area (Å²) in [4.78, 5) is 4.04. The first kappa shape index (κ1) is 9.95. The number of rotatable bonds is 4. The van der Waals surface area contributed by atoms with Gasteiger partial charge in [-0.1, -0.05) is 0 Å². The van der Waals surface area contributed by atoms with Crippen LogP contribution in [0.1, 0.15) is 18.2 Å². The number of hydrogen-bond acceptors (Lipinski definition) is 4. The van der Waals surface area contributed by atoms with Gasteiger partial charge >= 0.3 is 0 Å². The highest BCUT2D eigenvalue weighted by molar-refractivity contribution is 5.20. The van der Waals surface area contributed by atoms with Gasteiger partial charge in [-0.15, -0.1) is 0 Å². The minimum Gasteiger partial charge on any atom is -0.495 e. The highest BCUT2D eigenvalue weighted by Gasteiger charge is 2.07. The maximum absolute atomic E-state index is 9.50. The lowest BCUT2D eigenvalue weighted by atomic mass is 10.2. The van der Waals surface area contributed by atoms with E-state index in [-0.39, 0.29) is 0 Å². The summed E-state index contributed by atoms with van der Waals surface area (Å²) in [5, 5.41) is 9.50. The molecule has 4 heteroatoms. The van der Waals surface area contributed by atoms with E-state index < -0.39 is 6.10 Å². The van der Waals surface area contributed by atoms with Crippen LogP contribution in [0.25, 0.3) is 0 Å². The highest BCUT2D eigenvalue weighted by atomic mass is 16.5. The number of methoxy groups -OCH3 is 1. The van der Waals surface area contributed by atoms with Crippen LogP contribution in [0, 0.1) is 0 Å². The van der Waals surface area contributed by atoms with Crippen LogP contribution in [0.15, 0.2) is 18.3 Å². The van der Waals surface area contributed by atoms with E-state index in [9.17, 15) is 5.11 Å². The molecule has 1 heterocycles. The van der Waals surface area contributed by atoms with Crippen molar-refractivity contribution in [3.63, 3.8) is 0 Å². The molecule has 0 aliphatic carbocycles. The topological polar surface area (TPSA) is 68.4 Å². The predicted octanol–water partition coefficient (Wildman–Crippen LogP) is 0.472. The van der Waals surface area contributed by atoms with Crippen molar-refractivity contribution in [3.05, 3.63) is 24.0 Å². The van der Waals surface area contributed by atoms with Gasteiger partial charge in [0.1, 0.15) is 5.75 Å². The molecule has 0 aromatic carbocycles. The molecule has 4 nitrogen and oxygen atoms in total. The molecular formula is C9H14N2O2. The van der Waals surface area contributed by atoms with Crippen LogP contribution in [-0.2, 0) is 0 Å². The summed E-state index contributed by atoms with van der Waals surface area (Å²) in [6.45, 7) is 0.453. The normalized spacial score (nSPS) is 12.5. The third kappa shape index (κ3) is 2.68. The average molecular weight is 182 g/mol. The Bertz CT molecular complexity index is 248. The van der Waals surface area contributed by atoms with Crippen LogP contribution in [0.2, 0.25) is 0 Å². The molecule has 0 fully saturated rings. The van der Waals surface area contributed by atoms with Crippen molar-refractivity contribution >= 4 is 0 Å². The van der Waals surface area contributed by atoms with Gasteiger partial charge in [-0.25, -0.2) is 0 Å². The molecule has 72 valence electrons. The Morgan fingerprint density at radius 2 is 2.38 bits per heavy atom. The zero-order valence-corrected chi connectivity index (χ0v) is 7.60. The van der Waals surface area contributed by atoms with Crippen molar-refractivity contribution in [1.29, 1.82) is 0 Å². The van der Waals surface area contributed by atoms with Crippen molar-refractivity contribution in [1.82, 2.24) is 4.98 Å². The maximum atomic E-state index is 9.50. The van der Waals surface area contributed by atoms with E-state index >= 15 is 0 Å². The SMILES string of the molecule is COc1ccc([C@H](O)CCN)nc1. The summed E-state index contributed by atoms with van der Waals surface area (Å²) in [5.41, 5.74) is 5.94. The van der Waals surface area contributed by atoms with Gasteiger partial charge in [-0.2, -0.15) is 0 Å². The molecular weight excluding hydrogens is 168 g/mol. The first-order valence-electron chi connectivity index (χ1n) is 4.16. The van der Waals surface area contributed by atoms with E-state index in [0.29, 0.717) is 24.4 Å². The molecule has 0 bridgehead atoms. The molecule has 0 unspecified atom stereocenters. The Balaban J connectivity index is 2.67. The van der Waals surface area contributed by atoms with Crippen LogP contribution < -0.4 is 10.5 Å². The van der Waals surface area contributed by atoms with E-state index in [0.717, 1.165) is 0 Å². The maximum Gasteiger partial charge on any atom is 0.137 e. The number of pyridine rings is 1. The van der Waals surface area contributed by atoms with Crippen LogP contribution in [-0.4, -0.2) is 23.7 Å². The largest absolute Gasteiger partial charge is 0.495 e. The molecule has 1 atom stereocenters. The number of ether oxygens (including phenoxy) is 1. The zero-order valence-electron chi connectivity index (χ0n) is 7.60. The second-order valence-corrected chi connectivity index (χ2v) is 2.72. The van der Waals surface area contributed by atoms with Crippen molar-refractivity contribution < 1.29 is 9.84 Å². The number of nitrogens with zero attached hydrogens (tertiary/aromatic N) is 1. The number of aliphatic hydroxyl groups is 1. The fourth-order valence-corrected chi connectivity index (χ4v) is 1.02. The Morgan fingerprint density at radius 3 is 2.85 bits per heavy atom. The molecule has 0 saturated carbocycles. The molecule has 13 heavy (non-hydrogen) atoms. The quantitative estimate of drug-likeness (QED) is 0.710. The standard InChI is InChI=1S/C9H14N2O2/c1-13-7-2-3-8(11-6-7)9(12)4-5-10/h2-3,6,9,12H,4-5,10H2,1H3/t9-/m1/s1. The third-order valence-electron chi connectivity index (χ3n) is 1.78. The number of hydrogen-bond donors (Lipinski definition) is 2. The summed E-state index contributed by atoms with van der Waals surface area (Å²) in [6.07, 6.45) is 1.53. The second-order valence-electron chi connectivity index (χ2n) is 2.72. The lowest BCUT2D eigenvalue weighted by Crippen LogP contribution is -2.07. The van der Waals surface area contributed by atoms with Gasteiger partial charge in [0.2, 0.25) is 0 Å². The lowest BCUT2D eigenvalue weighted by molar-refractivity contribution is 0.165. The molecule has 0 aliphatic heterocycles. The van der Waals surface area contributed by atoms with Crippen LogP contribution in [0.5, 0.6) is 5.75 Å². The molecule has 1 rings (SSSR count). The molecule has 3 N–H and O–H groups in total.